The third kappa shape index (κ3) is 2.76. The van der Waals surface area contributed by atoms with Crippen molar-refractivity contribution in [2.45, 2.75) is 39.2 Å². The van der Waals surface area contributed by atoms with E-state index in [0.717, 1.165) is 24.9 Å². The van der Waals surface area contributed by atoms with Crippen molar-refractivity contribution in [3.8, 4) is 6.01 Å². The fourth-order valence-corrected chi connectivity index (χ4v) is 3.27. The van der Waals surface area contributed by atoms with Crippen molar-refractivity contribution in [1.82, 2.24) is 15.0 Å². The van der Waals surface area contributed by atoms with Gasteiger partial charge in [0.25, 0.3) is 0 Å². The highest BCUT2D eigenvalue weighted by Crippen LogP contribution is 2.38. The van der Waals surface area contributed by atoms with Crippen LogP contribution in [0.3, 0.4) is 0 Å². The van der Waals surface area contributed by atoms with Crippen LogP contribution in [-0.4, -0.2) is 34.1 Å². The van der Waals surface area contributed by atoms with Crippen LogP contribution in [0.2, 0.25) is 5.28 Å². The van der Waals surface area contributed by atoms with Crippen LogP contribution in [0.15, 0.2) is 0 Å². The van der Waals surface area contributed by atoms with Crippen molar-refractivity contribution < 1.29 is 4.74 Å². The van der Waals surface area contributed by atoms with E-state index in [0.29, 0.717) is 12.0 Å². The van der Waals surface area contributed by atoms with E-state index in [4.69, 9.17) is 16.3 Å². The van der Waals surface area contributed by atoms with Crippen LogP contribution in [0.4, 0.5) is 5.95 Å². The van der Waals surface area contributed by atoms with Gasteiger partial charge in [-0.2, -0.15) is 15.0 Å². The molecule has 1 aliphatic carbocycles. The molecule has 3 rings (SSSR count). The minimum Gasteiger partial charge on any atom is -0.461 e. The number of anilines is 1. The lowest BCUT2D eigenvalue weighted by Gasteiger charge is -2.18. The Morgan fingerprint density at radius 2 is 1.84 bits per heavy atom. The quantitative estimate of drug-likeness (QED) is 0.853. The van der Waals surface area contributed by atoms with Crippen molar-refractivity contribution in [2.24, 2.45) is 11.8 Å². The molecule has 2 aliphatic rings. The molecule has 0 radical (unpaired) electrons. The van der Waals surface area contributed by atoms with Gasteiger partial charge in [0.05, 0.1) is 6.10 Å². The van der Waals surface area contributed by atoms with Crippen molar-refractivity contribution in [1.29, 1.82) is 0 Å². The second-order valence-corrected chi connectivity index (χ2v) is 6.05. The molecule has 0 bridgehead atoms. The SMILES string of the molecule is CC(C)Oc1nc(Cl)nc(N2CC3CCCC3C2)n1. The van der Waals surface area contributed by atoms with E-state index in [1.807, 2.05) is 13.8 Å². The van der Waals surface area contributed by atoms with E-state index in [9.17, 15) is 0 Å². The summed E-state index contributed by atoms with van der Waals surface area (Å²) in [5.74, 6) is 2.25. The minimum atomic E-state index is 0.0317. The summed E-state index contributed by atoms with van der Waals surface area (Å²) in [6.07, 6.45) is 4.05. The first-order valence-electron chi connectivity index (χ1n) is 6.95. The van der Waals surface area contributed by atoms with Gasteiger partial charge in [0.15, 0.2) is 0 Å². The van der Waals surface area contributed by atoms with Crippen molar-refractivity contribution in [2.75, 3.05) is 18.0 Å². The first-order valence-corrected chi connectivity index (χ1v) is 7.33. The minimum absolute atomic E-state index is 0.0317. The van der Waals surface area contributed by atoms with Gasteiger partial charge >= 0.3 is 6.01 Å². The van der Waals surface area contributed by atoms with Gasteiger partial charge in [-0.15, -0.1) is 0 Å². The fraction of sp³-hybridized carbons (Fsp3) is 0.769. The molecule has 0 amide bonds. The summed E-state index contributed by atoms with van der Waals surface area (Å²) in [5, 5.41) is 0.206. The number of halogens is 1. The molecular formula is C13H19ClN4O. The third-order valence-corrected chi connectivity index (χ3v) is 4.10. The highest BCUT2D eigenvalue weighted by Gasteiger charge is 2.37. The molecule has 1 aromatic rings. The van der Waals surface area contributed by atoms with Crippen LogP contribution in [-0.2, 0) is 0 Å². The van der Waals surface area contributed by atoms with Gasteiger partial charge in [0.2, 0.25) is 11.2 Å². The molecule has 0 spiro atoms. The number of hydrogen-bond donors (Lipinski definition) is 0. The first kappa shape index (κ1) is 12.9. The highest BCUT2D eigenvalue weighted by atomic mass is 35.5. The smallest absolute Gasteiger partial charge is 0.322 e. The number of ether oxygens (including phenoxy) is 1. The molecular weight excluding hydrogens is 264 g/mol. The lowest BCUT2D eigenvalue weighted by Crippen LogP contribution is -2.24. The zero-order valence-corrected chi connectivity index (χ0v) is 12.1. The van der Waals surface area contributed by atoms with Crippen LogP contribution < -0.4 is 9.64 Å². The molecule has 0 N–H and O–H groups in total. The molecule has 1 aromatic heterocycles. The lowest BCUT2D eigenvalue weighted by atomic mass is 10.0. The van der Waals surface area contributed by atoms with Gasteiger partial charge in [-0.1, -0.05) is 6.42 Å². The number of nitrogens with zero attached hydrogens (tertiary/aromatic N) is 4. The van der Waals surface area contributed by atoms with Crippen molar-refractivity contribution in [3.05, 3.63) is 5.28 Å². The van der Waals surface area contributed by atoms with Crippen LogP contribution in [0.25, 0.3) is 0 Å². The Bertz CT molecular complexity index is 456. The summed E-state index contributed by atoms with van der Waals surface area (Å²) in [6, 6.07) is 0.321. The normalized spacial score (nSPS) is 26.0. The Morgan fingerprint density at radius 3 is 2.47 bits per heavy atom. The van der Waals surface area contributed by atoms with Crippen LogP contribution in [0.5, 0.6) is 6.01 Å². The Hall–Kier alpha value is -1.10. The molecule has 1 saturated carbocycles. The monoisotopic (exact) mass is 282 g/mol. The summed E-state index contributed by atoms with van der Waals surface area (Å²) in [5.41, 5.74) is 0. The van der Waals surface area contributed by atoms with Gasteiger partial charge in [-0.05, 0) is 50.1 Å². The van der Waals surface area contributed by atoms with Gasteiger partial charge in [-0.25, -0.2) is 0 Å². The average Bonchev–Trinajstić information content (AvgIpc) is 2.86. The molecule has 5 nitrogen and oxygen atoms in total. The van der Waals surface area contributed by atoms with E-state index in [1.165, 1.54) is 19.3 Å². The Balaban J connectivity index is 1.79. The van der Waals surface area contributed by atoms with E-state index < -0.39 is 0 Å². The molecule has 19 heavy (non-hydrogen) atoms. The topological polar surface area (TPSA) is 51.1 Å². The summed E-state index contributed by atoms with van der Waals surface area (Å²) >= 11 is 5.96. The van der Waals surface area contributed by atoms with Gasteiger partial charge < -0.3 is 9.64 Å². The maximum Gasteiger partial charge on any atom is 0.322 e. The van der Waals surface area contributed by atoms with Gasteiger partial charge in [0, 0.05) is 13.1 Å². The van der Waals surface area contributed by atoms with Crippen molar-refractivity contribution in [3.63, 3.8) is 0 Å². The summed E-state index contributed by atoms with van der Waals surface area (Å²) < 4.78 is 5.52. The number of fused-ring (bicyclic) bond motifs is 1. The maximum absolute atomic E-state index is 5.96. The molecule has 1 saturated heterocycles. The molecule has 2 unspecified atom stereocenters. The molecule has 2 fully saturated rings. The highest BCUT2D eigenvalue weighted by molar-refractivity contribution is 6.28. The summed E-state index contributed by atoms with van der Waals surface area (Å²) in [6.45, 7) is 5.95. The van der Waals surface area contributed by atoms with E-state index in [1.54, 1.807) is 0 Å². The van der Waals surface area contributed by atoms with Crippen LogP contribution in [0.1, 0.15) is 33.1 Å². The lowest BCUT2D eigenvalue weighted by molar-refractivity contribution is 0.221. The zero-order valence-electron chi connectivity index (χ0n) is 11.3. The maximum atomic E-state index is 5.96. The third-order valence-electron chi connectivity index (χ3n) is 3.93. The largest absolute Gasteiger partial charge is 0.461 e. The van der Waals surface area contributed by atoms with Crippen LogP contribution in [0, 0.1) is 11.8 Å². The standard InChI is InChI=1S/C13H19ClN4O/c1-8(2)19-13-16-11(14)15-12(17-13)18-6-9-4-3-5-10(9)7-18/h8-10H,3-7H2,1-2H3. The Kier molecular flexibility index (Phi) is 3.48. The summed E-state index contributed by atoms with van der Waals surface area (Å²) in [4.78, 5) is 14.8. The number of aromatic nitrogens is 3. The zero-order chi connectivity index (χ0) is 13.4. The molecule has 2 atom stereocenters. The van der Waals surface area contributed by atoms with Crippen molar-refractivity contribution >= 4 is 17.5 Å². The molecule has 0 aromatic carbocycles. The first-order chi connectivity index (χ1) is 9.11. The summed E-state index contributed by atoms with van der Waals surface area (Å²) in [7, 11) is 0. The fourth-order valence-electron chi connectivity index (χ4n) is 3.13. The second-order valence-electron chi connectivity index (χ2n) is 5.71. The second kappa shape index (κ2) is 5.12. The predicted octanol–water partition coefficient (Wildman–Crippen LogP) is 2.55. The van der Waals surface area contributed by atoms with E-state index >= 15 is 0 Å². The van der Waals surface area contributed by atoms with Gasteiger partial charge in [-0.3, -0.25) is 0 Å². The molecule has 104 valence electrons. The van der Waals surface area contributed by atoms with Gasteiger partial charge in [0.1, 0.15) is 0 Å². The predicted molar refractivity (Wildman–Crippen MR) is 73.6 cm³/mol. The molecule has 6 heteroatoms. The van der Waals surface area contributed by atoms with E-state index in [-0.39, 0.29) is 11.4 Å². The average molecular weight is 283 g/mol. The molecule has 1 aliphatic heterocycles. The Morgan fingerprint density at radius 1 is 1.16 bits per heavy atom. The molecule has 2 heterocycles. The number of hydrogen-bond acceptors (Lipinski definition) is 5. The Labute approximate surface area is 118 Å². The van der Waals surface area contributed by atoms with E-state index in [2.05, 4.69) is 19.9 Å². The number of rotatable bonds is 3. The van der Waals surface area contributed by atoms with Crippen LogP contribution >= 0.6 is 11.6 Å².